The summed E-state index contributed by atoms with van der Waals surface area (Å²) in [6.45, 7) is 9.23. The van der Waals surface area contributed by atoms with E-state index >= 15 is 0 Å². The first-order valence-corrected chi connectivity index (χ1v) is 5.14. The third kappa shape index (κ3) is 3.92. The summed E-state index contributed by atoms with van der Waals surface area (Å²) in [5.74, 6) is -0.479. The van der Waals surface area contributed by atoms with Crippen LogP contribution in [0.25, 0.3) is 0 Å². The molecule has 0 aromatic carbocycles. The summed E-state index contributed by atoms with van der Waals surface area (Å²) in [7, 11) is 0. The van der Waals surface area contributed by atoms with Gasteiger partial charge in [0, 0.05) is 0 Å². The largest absolute Gasteiger partial charge is 0.459 e. The van der Waals surface area contributed by atoms with E-state index in [-0.39, 0.29) is 11.7 Å². The molecule has 1 unspecified atom stereocenters. The van der Waals surface area contributed by atoms with Crippen LogP contribution in [0.15, 0.2) is 12.2 Å². The lowest BCUT2D eigenvalue weighted by Crippen LogP contribution is -2.23. The molecule has 0 radical (unpaired) electrons. The summed E-state index contributed by atoms with van der Waals surface area (Å²) >= 11 is 0. The second kappa shape index (κ2) is 6.60. The molecule has 0 rings (SSSR count). The topological polar surface area (TPSA) is 46.5 Å². The summed E-state index contributed by atoms with van der Waals surface area (Å²) in [6.07, 6.45) is 1.21. The average molecular weight is 200 g/mol. The monoisotopic (exact) mass is 200 g/mol. The van der Waals surface area contributed by atoms with E-state index in [0.29, 0.717) is 6.42 Å². The summed E-state index contributed by atoms with van der Waals surface area (Å²) in [5.41, 5.74) is 0.152. The van der Waals surface area contributed by atoms with Gasteiger partial charge in [-0.05, 0) is 19.3 Å². The summed E-state index contributed by atoms with van der Waals surface area (Å²) in [5, 5.41) is 9.35. The Bertz CT molecular complexity index is 195. The molecule has 14 heavy (non-hydrogen) atoms. The van der Waals surface area contributed by atoms with Crippen LogP contribution in [-0.2, 0) is 9.53 Å². The Hall–Kier alpha value is -0.830. The first-order chi connectivity index (χ1) is 6.56. The van der Waals surface area contributed by atoms with E-state index in [9.17, 15) is 9.90 Å². The zero-order valence-corrected chi connectivity index (χ0v) is 9.25. The number of esters is 1. The van der Waals surface area contributed by atoms with Gasteiger partial charge in [-0.25, -0.2) is 4.79 Å². The number of rotatable bonds is 6. The molecule has 0 aliphatic heterocycles. The minimum Gasteiger partial charge on any atom is -0.459 e. The first-order valence-electron chi connectivity index (χ1n) is 5.14. The van der Waals surface area contributed by atoms with Crippen LogP contribution in [0.4, 0.5) is 0 Å². The van der Waals surface area contributed by atoms with Crippen LogP contribution >= 0.6 is 0 Å². The van der Waals surface area contributed by atoms with Crippen LogP contribution in [0.1, 0.15) is 40.0 Å². The Balaban J connectivity index is 4.13. The molecular weight excluding hydrogens is 180 g/mol. The van der Waals surface area contributed by atoms with Crippen molar-refractivity contribution in [2.75, 3.05) is 0 Å². The molecule has 82 valence electrons. The standard InChI is InChI=1S/C11H20O3/c1-5-9(6-2)14-11(13)8(4)10(12)7-3/h9-10,12H,4-7H2,1-3H3. The minimum atomic E-state index is -0.781. The molecule has 0 aromatic rings. The fourth-order valence-corrected chi connectivity index (χ4v) is 1.06. The highest BCUT2D eigenvalue weighted by atomic mass is 16.5. The van der Waals surface area contributed by atoms with Crippen molar-refractivity contribution in [1.82, 2.24) is 0 Å². The average Bonchev–Trinajstić information content (AvgIpc) is 2.23. The highest BCUT2D eigenvalue weighted by molar-refractivity contribution is 5.88. The van der Waals surface area contributed by atoms with Gasteiger partial charge in [0.1, 0.15) is 6.10 Å². The lowest BCUT2D eigenvalue weighted by atomic mass is 10.1. The Morgan fingerprint density at radius 1 is 1.29 bits per heavy atom. The number of carbonyl (C=O) groups excluding carboxylic acids is 1. The first kappa shape index (κ1) is 13.2. The molecule has 0 saturated heterocycles. The second-order valence-corrected chi connectivity index (χ2v) is 3.29. The predicted molar refractivity (Wildman–Crippen MR) is 55.9 cm³/mol. The van der Waals surface area contributed by atoms with Gasteiger partial charge in [-0.15, -0.1) is 0 Å². The van der Waals surface area contributed by atoms with Gasteiger partial charge < -0.3 is 9.84 Å². The molecule has 0 aromatic heterocycles. The predicted octanol–water partition coefficient (Wildman–Crippen LogP) is 2.05. The molecule has 1 N–H and O–H groups in total. The van der Waals surface area contributed by atoms with Crippen LogP contribution < -0.4 is 0 Å². The highest BCUT2D eigenvalue weighted by Gasteiger charge is 2.18. The van der Waals surface area contributed by atoms with Crippen molar-refractivity contribution in [3.8, 4) is 0 Å². The normalized spacial score (nSPS) is 12.6. The lowest BCUT2D eigenvalue weighted by molar-refractivity contribution is -0.145. The number of aliphatic hydroxyl groups excluding tert-OH is 1. The van der Waals surface area contributed by atoms with Crippen molar-refractivity contribution >= 4 is 5.97 Å². The van der Waals surface area contributed by atoms with Gasteiger partial charge in [0.2, 0.25) is 0 Å². The smallest absolute Gasteiger partial charge is 0.336 e. The molecule has 3 heteroatoms. The van der Waals surface area contributed by atoms with E-state index < -0.39 is 12.1 Å². The van der Waals surface area contributed by atoms with Gasteiger partial charge in [-0.2, -0.15) is 0 Å². The van der Waals surface area contributed by atoms with Crippen LogP contribution in [0.3, 0.4) is 0 Å². The molecule has 0 spiro atoms. The number of ether oxygens (including phenoxy) is 1. The molecule has 1 atom stereocenters. The highest BCUT2D eigenvalue weighted by Crippen LogP contribution is 2.10. The second-order valence-electron chi connectivity index (χ2n) is 3.29. The molecule has 3 nitrogen and oxygen atoms in total. The van der Waals surface area contributed by atoms with Crippen molar-refractivity contribution in [3.63, 3.8) is 0 Å². The zero-order valence-electron chi connectivity index (χ0n) is 9.25. The minimum absolute atomic E-state index is 0.0664. The molecular formula is C11H20O3. The fourth-order valence-electron chi connectivity index (χ4n) is 1.06. The van der Waals surface area contributed by atoms with Crippen LogP contribution in [-0.4, -0.2) is 23.3 Å². The van der Waals surface area contributed by atoms with Gasteiger partial charge >= 0.3 is 5.97 Å². The van der Waals surface area contributed by atoms with E-state index in [1.807, 2.05) is 13.8 Å². The van der Waals surface area contributed by atoms with Gasteiger partial charge in [-0.3, -0.25) is 0 Å². The fraction of sp³-hybridized carbons (Fsp3) is 0.727. The number of hydrogen-bond donors (Lipinski definition) is 1. The van der Waals surface area contributed by atoms with E-state index in [2.05, 4.69) is 6.58 Å². The molecule has 0 heterocycles. The van der Waals surface area contributed by atoms with Gasteiger partial charge in [-0.1, -0.05) is 27.4 Å². The third-order valence-electron chi connectivity index (χ3n) is 2.24. The summed E-state index contributed by atoms with van der Waals surface area (Å²) in [6, 6.07) is 0. The number of carbonyl (C=O) groups is 1. The Labute approximate surface area is 85.8 Å². The Morgan fingerprint density at radius 3 is 2.14 bits per heavy atom. The quantitative estimate of drug-likeness (QED) is 0.527. The molecule has 0 saturated carbocycles. The maximum atomic E-state index is 11.4. The Morgan fingerprint density at radius 2 is 1.79 bits per heavy atom. The molecule has 0 bridgehead atoms. The molecule has 0 aliphatic carbocycles. The van der Waals surface area contributed by atoms with Crippen molar-refractivity contribution in [2.24, 2.45) is 0 Å². The van der Waals surface area contributed by atoms with Crippen LogP contribution in [0.5, 0.6) is 0 Å². The van der Waals surface area contributed by atoms with E-state index in [1.54, 1.807) is 6.92 Å². The van der Waals surface area contributed by atoms with Gasteiger partial charge in [0.25, 0.3) is 0 Å². The Kier molecular flexibility index (Phi) is 6.21. The molecule has 0 aliphatic rings. The van der Waals surface area contributed by atoms with Gasteiger partial charge in [0.05, 0.1) is 11.7 Å². The third-order valence-corrected chi connectivity index (χ3v) is 2.24. The zero-order chi connectivity index (χ0) is 11.1. The van der Waals surface area contributed by atoms with E-state index in [1.165, 1.54) is 0 Å². The van der Waals surface area contributed by atoms with Crippen molar-refractivity contribution in [3.05, 3.63) is 12.2 Å². The van der Waals surface area contributed by atoms with Crippen LogP contribution in [0, 0.1) is 0 Å². The lowest BCUT2D eigenvalue weighted by Gasteiger charge is -2.16. The van der Waals surface area contributed by atoms with E-state index in [4.69, 9.17) is 4.74 Å². The summed E-state index contributed by atoms with van der Waals surface area (Å²) < 4.78 is 5.14. The van der Waals surface area contributed by atoms with Gasteiger partial charge in [0.15, 0.2) is 0 Å². The van der Waals surface area contributed by atoms with E-state index in [0.717, 1.165) is 12.8 Å². The molecule has 0 amide bonds. The maximum Gasteiger partial charge on any atom is 0.336 e. The van der Waals surface area contributed by atoms with Crippen molar-refractivity contribution < 1.29 is 14.6 Å². The molecule has 0 fully saturated rings. The summed E-state index contributed by atoms with van der Waals surface area (Å²) in [4.78, 5) is 11.4. The van der Waals surface area contributed by atoms with Crippen molar-refractivity contribution in [1.29, 1.82) is 0 Å². The maximum absolute atomic E-state index is 11.4. The SMILES string of the molecule is C=C(C(=O)OC(CC)CC)C(O)CC. The van der Waals surface area contributed by atoms with Crippen molar-refractivity contribution in [2.45, 2.75) is 52.2 Å². The number of aliphatic hydroxyl groups is 1. The number of hydrogen-bond acceptors (Lipinski definition) is 3. The van der Waals surface area contributed by atoms with Crippen LogP contribution in [0.2, 0.25) is 0 Å².